The van der Waals surface area contributed by atoms with Gasteiger partial charge in [-0.05, 0) is 31.5 Å². The van der Waals surface area contributed by atoms with Gasteiger partial charge in [-0.25, -0.2) is 0 Å². The molecule has 9 heteroatoms. The van der Waals surface area contributed by atoms with Crippen molar-refractivity contribution in [2.75, 3.05) is 19.8 Å². The molecule has 1 atom stereocenters. The fourth-order valence-electron chi connectivity index (χ4n) is 2.36. The zero-order chi connectivity index (χ0) is 17.7. The van der Waals surface area contributed by atoms with Crippen LogP contribution in [0, 0.1) is 0 Å². The molecule has 1 aromatic rings. The molecule has 0 saturated carbocycles. The highest BCUT2D eigenvalue weighted by molar-refractivity contribution is 5.85. The third-order valence-corrected chi connectivity index (χ3v) is 3.45. The first kappa shape index (κ1) is 21.5. The number of alkyl halides is 3. The molecule has 5 nitrogen and oxygen atoms in total. The van der Waals surface area contributed by atoms with E-state index in [-0.39, 0.29) is 48.9 Å². The van der Waals surface area contributed by atoms with Crippen LogP contribution in [0.3, 0.4) is 0 Å². The summed E-state index contributed by atoms with van der Waals surface area (Å²) in [6.07, 6.45) is -4.75. The number of rotatable bonds is 5. The third kappa shape index (κ3) is 6.37. The third-order valence-electron chi connectivity index (χ3n) is 3.45. The van der Waals surface area contributed by atoms with Crippen molar-refractivity contribution < 1.29 is 27.4 Å². The number of morpholine rings is 1. The Morgan fingerprint density at radius 3 is 2.72 bits per heavy atom. The number of halogens is 4. The van der Waals surface area contributed by atoms with Crippen LogP contribution in [-0.2, 0) is 22.3 Å². The summed E-state index contributed by atoms with van der Waals surface area (Å²) in [5.41, 5.74) is -0.822. The van der Waals surface area contributed by atoms with E-state index in [9.17, 15) is 18.0 Å². The van der Waals surface area contributed by atoms with E-state index in [1.807, 2.05) is 0 Å². The Bertz CT molecular complexity index is 576. The lowest BCUT2D eigenvalue weighted by Gasteiger charge is -2.23. The average molecular weight is 383 g/mol. The minimum atomic E-state index is -4.53. The topological polar surface area (TPSA) is 59.6 Å². The van der Waals surface area contributed by atoms with Gasteiger partial charge in [0.1, 0.15) is 11.8 Å². The number of amides is 1. The minimum absolute atomic E-state index is 0. The molecule has 1 unspecified atom stereocenters. The van der Waals surface area contributed by atoms with E-state index >= 15 is 0 Å². The summed E-state index contributed by atoms with van der Waals surface area (Å²) in [5.74, 6) is -0.236. The molecule has 1 fully saturated rings. The first-order valence-corrected chi connectivity index (χ1v) is 7.73. The number of carbonyl (C=O) groups is 1. The Morgan fingerprint density at radius 1 is 1.44 bits per heavy atom. The van der Waals surface area contributed by atoms with Gasteiger partial charge in [0.2, 0.25) is 5.91 Å². The molecule has 2 N–H and O–H groups in total. The summed E-state index contributed by atoms with van der Waals surface area (Å²) >= 11 is 0. The Kier molecular flexibility index (Phi) is 7.98. The molecular formula is C16H22ClF3N2O3. The van der Waals surface area contributed by atoms with Crippen molar-refractivity contribution in [2.45, 2.75) is 38.7 Å². The monoisotopic (exact) mass is 382 g/mol. The van der Waals surface area contributed by atoms with Gasteiger partial charge in [-0.15, -0.1) is 12.4 Å². The highest BCUT2D eigenvalue weighted by atomic mass is 35.5. The predicted molar refractivity (Wildman–Crippen MR) is 88.9 cm³/mol. The van der Waals surface area contributed by atoms with E-state index in [4.69, 9.17) is 9.47 Å². The zero-order valence-electron chi connectivity index (χ0n) is 14.0. The largest absolute Gasteiger partial charge is 0.491 e. The molecule has 0 aliphatic carbocycles. The van der Waals surface area contributed by atoms with Gasteiger partial charge >= 0.3 is 6.18 Å². The van der Waals surface area contributed by atoms with Crippen molar-refractivity contribution >= 4 is 18.3 Å². The fourth-order valence-corrected chi connectivity index (χ4v) is 2.36. The Morgan fingerprint density at radius 2 is 2.16 bits per heavy atom. The van der Waals surface area contributed by atoms with Crippen LogP contribution in [0.25, 0.3) is 0 Å². The fraction of sp³-hybridized carbons (Fsp3) is 0.562. The van der Waals surface area contributed by atoms with E-state index in [1.54, 1.807) is 13.8 Å². The summed E-state index contributed by atoms with van der Waals surface area (Å²) in [7, 11) is 0. The lowest BCUT2D eigenvalue weighted by Crippen LogP contribution is -2.51. The number of benzene rings is 1. The van der Waals surface area contributed by atoms with Crippen LogP contribution in [0.15, 0.2) is 18.2 Å². The van der Waals surface area contributed by atoms with Gasteiger partial charge in [0.25, 0.3) is 0 Å². The van der Waals surface area contributed by atoms with Gasteiger partial charge in [0.05, 0.1) is 24.9 Å². The Labute approximate surface area is 150 Å². The summed E-state index contributed by atoms with van der Waals surface area (Å²) in [6.45, 7) is 4.51. The Balaban J connectivity index is 0.00000312. The van der Waals surface area contributed by atoms with Crippen molar-refractivity contribution in [3.8, 4) is 5.75 Å². The number of ether oxygens (including phenoxy) is 2. The zero-order valence-corrected chi connectivity index (χ0v) is 14.8. The summed E-state index contributed by atoms with van der Waals surface area (Å²) in [5, 5.41) is 5.47. The number of hydrogen-bond donors (Lipinski definition) is 2. The van der Waals surface area contributed by atoms with Gasteiger partial charge < -0.3 is 20.1 Å². The van der Waals surface area contributed by atoms with Crippen molar-refractivity contribution in [1.29, 1.82) is 0 Å². The predicted octanol–water partition coefficient (Wildman–Crippen LogP) is 2.52. The number of hydrogen-bond acceptors (Lipinski definition) is 4. The molecule has 0 radical (unpaired) electrons. The molecular weight excluding hydrogens is 361 g/mol. The lowest BCUT2D eigenvalue weighted by molar-refractivity contribution is -0.138. The molecule has 0 aromatic heterocycles. The standard InChI is InChI=1S/C16H21F3N2O3.ClH/c1-10(2)24-12-4-3-11(13(7-12)16(17,18)19)8-21-15(22)14-9-23-6-5-20-14;/h3-4,7,10,14,20H,5-6,8-9H2,1-2H3,(H,21,22);1H. The van der Waals surface area contributed by atoms with E-state index in [0.717, 1.165) is 6.07 Å². The molecule has 2 rings (SSSR count). The molecule has 142 valence electrons. The van der Waals surface area contributed by atoms with Gasteiger partial charge in [-0.1, -0.05) is 6.07 Å². The molecule has 1 aromatic carbocycles. The van der Waals surface area contributed by atoms with E-state index in [2.05, 4.69) is 10.6 Å². The maximum atomic E-state index is 13.2. The second-order valence-corrected chi connectivity index (χ2v) is 5.78. The van der Waals surface area contributed by atoms with Crippen LogP contribution >= 0.6 is 12.4 Å². The number of nitrogens with one attached hydrogen (secondary N) is 2. The summed E-state index contributed by atoms with van der Waals surface area (Å²) < 4.78 is 50.2. The molecule has 1 heterocycles. The maximum absolute atomic E-state index is 13.2. The summed E-state index contributed by atoms with van der Waals surface area (Å²) in [6, 6.07) is 3.21. The minimum Gasteiger partial charge on any atom is -0.491 e. The smallest absolute Gasteiger partial charge is 0.416 e. The molecule has 0 spiro atoms. The molecule has 1 aliphatic heterocycles. The second kappa shape index (κ2) is 9.26. The van der Waals surface area contributed by atoms with Crippen molar-refractivity contribution in [1.82, 2.24) is 10.6 Å². The van der Waals surface area contributed by atoms with E-state index in [0.29, 0.717) is 13.2 Å². The van der Waals surface area contributed by atoms with Gasteiger partial charge in [-0.3, -0.25) is 4.79 Å². The Hall–Kier alpha value is -1.51. The quantitative estimate of drug-likeness (QED) is 0.821. The van der Waals surface area contributed by atoms with Crippen LogP contribution in [0.2, 0.25) is 0 Å². The molecule has 25 heavy (non-hydrogen) atoms. The van der Waals surface area contributed by atoms with Crippen molar-refractivity contribution in [3.63, 3.8) is 0 Å². The highest BCUT2D eigenvalue weighted by Crippen LogP contribution is 2.34. The lowest BCUT2D eigenvalue weighted by atomic mass is 10.1. The van der Waals surface area contributed by atoms with Crippen LogP contribution in [-0.4, -0.2) is 37.8 Å². The maximum Gasteiger partial charge on any atom is 0.416 e. The first-order chi connectivity index (χ1) is 11.3. The van der Waals surface area contributed by atoms with Crippen LogP contribution in [0.4, 0.5) is 13.2 Å². The van der Waals surface area contributed by atoms with Crippen LogP contribution in [0.1, 0.15) is 25.0 Å². The van der Waals surface area contributed by atoms with Gasteiger partial charge in [0, 0.05) is 13.1 Å². The molecule has 0 bridgehead atoms. The second-order valence-electron chi connectivity index (χ2n) is 5.78. The van der Waals surface area contributed by atoms with E-state index < -0.39 is 17.8 Å². The molecule has 1 aliphatic rings. The van der Waals surface area contributed by atoms with Crippen molar-refractivity contribution in [3.05, 3.63) is 29.3 Å². The highest BCUT2D eigenvalue weighted by Gasteiger charge is 2.34. The van der Waals surface area contributed by atoms with Crippen LogP contribution < -0.4 is 15.4 Å². The molecule has 1 saturated heterocycles. The average Bonchev–Trinajstić information content (AvgIpc) is 2.52. The SMILES string of the molecule is CC(C)Oc1ccc(CNC(=O)C2COCCN2)c(C(F)(F)F)c1.Cl. The first-order valence-electron chi connectivity index (χ1n) is 7.73. The van der Waals surface area contributed by atoms with E-state index in [1.165, 1.54) is 12.1 Å². The van der Waals surface area contributed by atoms with Gasteiger partial charge in [0.15, 0.2) is 0 Å². The van der Waals surface area contributed by atoms with Crippen molar-refractivity contribution in [2.24, 2.45) is 0 Å². The van der Waals surface area contributed by atoms with Gasteiger partial charge in [-0.2, -0.15) is 13.2 Å². The van der Waals surface area contributed by atoms with Crippen LogP contribution in [0.5, 0.6) is 5.75 Å². The summed E-state index contributed by atoms with van der Waals surface area (Å²) in [4.78, 5) is 12.0. The molecule has 1 amide bonds. The normalized spacial score (nSPS) is 17.8. The number of carbonyl (C=O) groups excluding carboxylic acids is 1.